The lowest BCUT2D eigenvalue weighted by atomic mass is 9.96. The standard InChI is InChI=1S/C21H19N5O/c22-13-25-11-2-5-19(25)21(27)26-12-8-16-14(3-1-4-18(16)26)15-6-9-23-20-17(15)7-10-24-20/h1,3-4,6-7,9-10,19H,2,5,8,11-12H2,(H,23,24). The second kappa shape index (κ2) is 6.13. The Labute approximate surface area is 157 Å². The maximum absolute atomic E-state index is 13.1. The van der Waals surface area contributed by atoms with Crippen LogP contribution >= 0.6 is 0 Å². The number of benzene rings is 1. The molecule has 6 nitrogen and oxygen atoms in total. The molecule has 2 aromatic heterocycles. The second-order valence-electron chi connectivity index (χ2n) is 7.09. The molecule has 27 heavy (non-hydrogen) atoms. The number of hydrogen-bond acceptors (Lipinski definition) is 4. The van der Waals surface area contributed by atoms with E-state index in [0.717, 1.165) is 47.1 Å². The zero-order valence-corrected chi connectivity index (χ0v) is 14.9. The molecule has 3 aromatic rings. The van der Waals surface area contributed by atoms with E-state index in [1.807, 2.05) is 41.6 Å². The summed E-state index contributed by atoms with van der Waals surface area (Å²) in [6.45, 7) is 1.35. The first kappa shape index (κ1) is 15.9. The summed E-state index contributed by atoms with van der Waals surface area (Å²) >= 11 is 0. The molecule has 0 spiro atoms. The van der Waals surface area contributed by atoms with Gasteiger partial charge in [-0.3, -0.25) is 9.69 Å². The number of likely N-dealkylation sites (tertiary alicyclic amines) is 1. The van der Waals surface area contributed by atoms with Crippen LogP contribution in [0.15, 0.2) is 42.7 Å². The SMILES string of the molecule is N#CN1CCCC1C(=O)N1CCc2c(-c3ccnc4[nH]ccc34)cccc21. The van der Waals surface area contributed by atoms with Crippen LogP contribution in [-0.2, 0) is 11.2 Å². The van der Waals surface area contributed by atoms with Crippen LogP contribution < -0.4 is 4.90 Å². The highest BCUT2D eigenvalue weighted by molar-refractivity contribution is 6.02. The molecule has 1 amide bonds. The minimum atomic E-state index is -0.318. The first-order valence-corrected chi connectivity index (χ1v) is 9.30. The Hall–Kier alpha value is -3.33. The van der Waals surface area contributed by atoms with Gasteiger partial charge in [0, 0.05) is 36.6 Å². The van der Waals surface area contributed by atoms with Crippen LogP contribution in [0, 0.1) is 11.5 Å². The normalized spacial score (nSPS) is 18.7. The van der Waals surface area contributed by atoms with Crippen LogP contribution in [0.5, 0.6) is 0 Å². The number of aromatic nitrogens is 2. The highest BCUT2D eigenvalue weighted by atomic mass is 16.2. The predicted octanol–water partition coefficient (Wildman–Crippen LogP) is 3.06. The molecule has 1 saturated heterocycles. The summed E-state index contributed by atoms with van der Waals surface area (Å²) < 4.78 is 0. The molecule has 0 saturated carbocycles. The monoisotopic (exact) mass is 357 g/mol. The third kappa shape index (κ3) is 2.39. The number of amides is 1. The van der Waals surface area contributed by atoms with E-state index < -0.39 is 0 Å². The lowest BCUT2D eigenvalue weighted by Crippen LogP contribution is -2.43. The number of carbonyl (C=O) groups excluding carboxylic acids is 1. The molecular formula is C21H19N5O. The van der Waals surface area contributed by atoms with Gasteiger partial charge in [-0.05, 0) is 54.2 Å². The summed E-state index contributed by atoms with van der Waals surface area (Å²) in [7, 11) is 0. The highest BCUT2D eigenvalue weighted by Gasteiger charge is 2.36. The summed E-state index contributed by atoms with van der Waals surface area (Å²) in [5.41, 5.74) is 5.32. The number of rotatable bonds is 2. The largest absolute Gasteiger partial charge is 0.346 e. The van der Waals surface area contributed by atoms with E-state index >= 15 is 0 Å². The van der Waals surface area contributed by atoms with Crippen molar-refractivity contribution in [3.8, 4) is 17.3 Å². The Bertz CT molecular complexity index is 1080. The van der Waals surface area contributed by atoms with E-state index in [4.69, 9.17) is 0 Å². The van der Waals surface area contributed by atoms with Gasteiger partial charge >= 0.3 is 0 Å². The third-order valence-electron chi connectivity index (χ3n) is 5.71. The quantitative estimate of drug-likeness (QED) is 0.715. The molecule has 2 aliphatic heterocycles. The lowest BCUT2D eigenvalue weighted by molar-refractivity contribution is -0.121. The van der Waals surface area contributed by atoms with E-state index in [9.17, 15) is 10.1 Å². The zero-order valence-electron chi connectivity index (χ0n) is 14.9. The second-order valence-corrected chi connectivity index (χ2v) is 7.09. The van der Waals surface area contributed by atoms with Crippen molar-refractivity contribution < 1.29 is 4.79 Å². The van der Waals surface area contributed by atoms with Crippen LogP contribution in [-0.4, -0.2) is 39.9 Å². The van der Waals surface area contributed by atoms with Crippen molar-refractivity contribution in [3.63, 3.8) is 0 Å². The molecule has 1 N–H and O–H groups in total. The van der Waals surface area contributed by atoms with Gasteiger partial charge in [0.05, 0.1) is 0 Å². The molecule has 6 heteroatoms. The van der Waals surface area contributed by atoms with Crippen LogP contribution in [0.1, 0.15) is 18.4 Å². The fourth-order valence-electron chi connectivity index (χ4n) is 4.43. The van der Waals surface area contributed by atoms with Crippen molar-refractivity contribution in [2.45, 2.75) is 25.3 Å². The van der Waals surface area contributed by atoms with Crippen LogP contribution in [0.3, 0.4) is 0 Å². The Balaban J connectivity index is 1.56. The van der Waals surface area contributed by atoms with E-state index in [1.165, 1.54) is 5.56 Å². The number of pyridine rings is 1. The molecule has 134 valence electrons. The third-order valence-corrected chi connectivity index (χ3v) is 5.71. The van der Waals surface area contributed by atoms with E-state index in [-0.39, 0.29) is 11.9 Å². The highest BCUT2D eigenvalue weighted by Crippen LogP contribution is 2.39. The number of carbonyl (C=O) groups is 1. The molecule has 0 aliphatic carbocycles. The maximum atomic E-state index is 13.1. The molecule has 4 heterocycles. The van der Waals surface area contributed by atoms with Gasteiger partial charge in [0.15, 0.2) is 6.19 Å². The number of nitriles is 1. The lowest BCUT2D eigenvalue weighted by Gasteiger charge is -2.25. The summed E-state index contributed by atoms with van der Waals surface area (Å²) in [6.07, 6.45) is 8.36. The van der Waals surface area contributed by atoms with Gasteiger partial charge in [-0.2, -0.15) is 5.26 Å². The Kier molecular flexibility index (Phi) is 3.61. The Morgan fingerprint density at radius 2 is 2.15 bits per heavy atom. The van der Waals surface area contributed by atoms with Gasteiger partial charge in [0.2, 0.25) is 5.91 Å². The molecular weight excluding hydrogens is 338 g/mol. The van der Waals surface area contributed by atoms with Gasteiger partial charge in [0.25, 0.3) is 0 Å². The molecule has 1 unspecified atom stereocenters. The number of H-pyrrole nitrogens is 1. The van der Waals surface area contributed by atoms with Gasteiger partial charge < -0.3 is 9.88 Å². The summed E-state index contributed by atoms with van der Waals surface area (Å²) in [6, 6.07) is 9.90. The molecule has 1 atom stereocenters. The van der Waals surface area contributed by atoms with Crippen molar-refractivity contribution in [1.29, 1.82) is 5.26 Å². The number of aromatic amines is 1. The average Bonchev–Trinajstić information content (AvgIpc) is 3.45. The molecule has 0 radical (unpaired) electrons. The van der Waals surface area contributed by atoms with Crippen molar-refractivity contribution >= 4 is 22.6 Å². The number of anilines is 1. The van der Waals surface area contributed by atoms with Gasteiger partial charge in [-0.1, -0.05) is 12.1 Å². The first-order valence-electron chi connectivity index (χ1n) is 9.30. The van der Waals surface area contributed by atoms with Crippen LogP contribution in [0.25, 0.3) is 22.2 Å². The smallest absolute Gasteiger partial charge is 0.250 e. The van der Waals surface area contributed by atoms with Crippen molar-refractivity contribution in [1.82, 2.24) is 14.9 Å². The van der Waals surface area contributed by atoms with Gasteiger partial charge in [-0.25, -0.2) is 4.98 Å². The van der Waals surface area contributed by atoms with Crippen molar-refractivity contribution in [2.75, 3.05) is 18.0 Å². The zero-order chi connectivity index (χ0) is 18.4. The molecule has 1 aromatic carbocycles. The first-order chi connectivity index (χ1) is 13.3. The molecule has 5 rings (SSSR count). The van der Waals surface area contributed by atoms with Crippen molar-refractivity contribution in [2.24, 2.45) is 0 Å². The van der Waals surface area contributed by atoms with E-state index in [0.29, 0.717) is 13.1 Å². The van der Waals surface area contributed by atoms with Crippen LogP contribution in [0.2, 0.25) is 0 Å². The van der Waals surface area contributed by atoms with Gasteiger partial charge in [-0.15, -0.1) is 0 Å². The fourth-order valence-corrected chi connectivity index (χ4v) is 4.43. The maximum Gasteiger partial charge on any atom is 0.250 e. The van der Waals surface area contributed by atoms with E-state index in [2.05, 4.69) is 22.2 Å². The summed E-state index contributed by atoms with van der Waals surface area (Å²) in [4.78, 5) is 24.1. The number of nitrogens with one attached hydrogen (secondary N) is 1. The minimum absolute atomic E-state index is 0.0477. The van der Waals surface area contributed by atoms with Crippen molar-refractivity contribution in [3.05, 3.63) is 48.3 Å². The fraction of sp³-hybridized carbons (Fsp3) is 0.286. The molecule has 0 bridgehead atoms. The minimum Gasteiger partial charge on any atom is -0.346 e. The summed E-state index contributed by atoms with van der Waals surface area (Å²) in [5, 5.41) is 10.4. The number of fused-ring (bicyclic) bond motifs is 2. The van der Waals surface area contributed by atoms with E-state index in [1.54, 1.807) is 4.90 Å². The molecule has 1 fully saturated rings. The van der Waals surface area contributed by atoms with Gasteiger partial charge in [0.1, 0.15) is 11.7 Å². The predicted molar refractivity (Wildman–Crippen MR) is 103 cm³/mol. The number of nitrogens with zero attached hydrogens (tertiary/aromatic N) is 4. The molecule has 2 aliphatic rings. The Morgan fingerprint density at radius 1 is 1.22 bits per heavy atom. The number of hydrogen-bond donors (Lipinski definition) is 1. The average molecular weight is 357 g/mol. The Morgan fingerprint density at radius 3 is 3.04 bits per heavy atom. The summed E-state index contributed by atoms with van der Waals surface area (Å²) in [5.74, 6) is 0.0477. The van der Waals surface area contributed by atoms with Crippen LogP contribution in [0.4, 0.5) is 5.69 Å². The topological polar surface area (TPSA) is 76.0 Å².